The van der Waals surface area contributed by atoms with Crippen molar-refractivity contribution in [1.82, 2.24) is 0 Å². The van der Waals surface area contributed by atoms with Crippen molar-refractivity contribution < 1.29 is 0 Å². The summed E-state index contributed by atoms with van der Waals surface area (Å²) in [6.07, 6.45) is 2.21. The molecule has 0 bridgehead atoms. The average Bonchev–Trinajstić information content (AvgIpc) is 1.98. The van der Waals surface area contributed by atoms with Crippen LogP contribution in [-0.2, 0) is 0 Å². The third kappa shape index (κ3) is 4.53. The van der Waals surface area contributed by atoms with Crippen LogP contribution in [0, 0.1) is 11.8 Å². The Kier molecular flexibility index (Phi) is 5.20. The molecule has 1 heteroatoms. The quantitative estimate of drug-likeness (QED) is 0.433. The first-order valence-electron chi connectivity index (χ1n) is 4.80. The van der Waals surface area contributed by atoms with E-state index in [0.717, 1.165) is 12.8 Å². The molecule has 0 aromatic carbocycles. The van der Waals surface area contributed by atoms with Gasteiger partial charge in [-0.25, -0.2) is 0 Å². The molecule has 0 N–H and O–H groups in total. The van der Waals surface area contributed by atoms with Crippen molar-refractivity contribution in [3.8, 4) is 0 Å². The van der Waals surface area contributed by atoms with E-state index in [2.05, 4.69) is 41.8 Å². The Balaban J connectivity index is 3.69. The molecule has 68 valence electrons. The molecule has 0 amide bonds. The van der Waals surface area contributed by atoms with Crippen LogP contribution in [0.1, 0.15) is 40.5 Å². The second-order valence-electron chi connectivity index (χ2n) is 4.13. The van der Waals surface area contributed by atoms with E-state index in [9.17, 15) is 0 Å². The summed E-state index contributed by atoms with van der Waals surface area (Å²) in [6.45, 7) is 12.8. The molecule has 0 aliphatic carbocycles. The van der Waals surface area contributed by atoms with Gasteiger partial charge in [0.05, 0.1) is 0 Å². The molecular formula is C11H21B. The van der Waals surface area contributed by atoms with Crippen LogP contribution in [-0.4, -0.2) is 13.0 Å². The Labute approximate surface area is 78.1 Å². The monoisotopic (exact) mass is 164 g/mol. The van der Waals surface area contributed by atoms with Crippen LogP contribution in [0.4, 0.5) is 0 Å². The van der Waals surface area contributed by atoms with E-state index in [0.29, 0.717) is 11.8 Å². The molecular weight excluding hydrogens is 143 g/mol. The van der Waals surface area contributed by atoms with Gasteiger partial charge in [-0.1, -0.05) is 0 Å². The topological polar surface area (TPSA) is 0 Å². The van der Waals surface area contributed by atoms with Crippen LogP contribution in [0.3, 0.4) is 0 Å². The van der Waals surface area contributed by atoms with Crippen molar-refractivity contribution in [2.75, 3.05) is 0 Å². The van der Waals surface area contributed by atoms with Gasteiger partial charge in [-0.15, -0.1) is 0 Å². The first kappa shape index (κ1) is 11.7. The summed E-state index contributed by atoms with van der Waals surface area (Å²) in [5.41, 5.74) is 2.69. The molecule has 0 nitrogen and oxygen atoms in total. The normalized spacial score (nSPS) is 10.8. The van der Waals surface area contributed by atoms with Crippen molar-refractivity contribution in [2.24, 2.45) is 11.8 Å². The summed E-state index contributed by atoms with van der Waals surface area (Å²) in [5.74, 6) is 1.23. The van der Waals surface area contributed by atoms with Crippen LogP contribution in [0.25, 0.3) is 0 Å². The fraction of sp³-hybridized carbons (Fsp3) is 0.727. The fourth-order valence-electron chi connectivity index (χ4n) is 0.898. The van der Waals surface area contributed by atoms with Gasteiger partial charge in [0.2, 0.25) is 0 Å². The SMILES string of the molecule is B=C(CCC(=C)C(C)C)C(C)C. The van der Waals surface area contributed by atoms with Gasteiger partial charge in [0.25, 0.3) is 0 Å². The van der Waals surface area contributed by atoms with Gasteiger partial charge < -0.3 is 0 Å². The Morgan fingerprint density at radius 1 is 1.08 bits per heavy atom. The van der Waals surface area contributed by atoms with E-state index >= 15 is 0 Å². The predicted molar refractivity (Wildman–Crippen MR) is 60.2 cm³/mol. The minimum absolute atomic E-state index is 0.616. The Hall–Kier alpha value is -0.325. The summed E-state index contributed by atoms with van der Waals surface area (Å²) >= 11 is 0. The van der Waals surface area contributed by atoms with E-state index in [1.807, 2.05) is 0 Å². The van der Waals surface area contributed by atoms with E-state index in [1.54, 1.807) is 0 Å². The molecule has 0 saturated carbocycles. The minimum atomic E-state index is 0.616. The Morgan fingerprint density at radius 3 is 1.92 bits per heavy atom. The maximum absolute atomic E-state index is 4.04. The molecule has 0 radical (unpaired) electrons. The van der Waals surface area contributed by atoms with Crippen molar-refractivity contribution in [3.05, 3.63) is 12.2 Å². The van der Waals surface area contributed by atoms with Crippen LogP contribution in [0.15, 0.2) is 12.2 Å². The predicted octanol–water partition coefficient (Wildman–Crippen LogP) is 2.71. The van der Waals surface area contributed by atoms with Crippen LogP contribution in [0.5, 0.6) is 0 Å². The van der Waals surface area contributed by atoms with E-state index in [4.69, 9.17) is 0 Å². The molecule has 0 fully saturated rings. The molecule has 0 atom stereocenters. The first-order valence-corrected chi connectivity index (χ1v) is 4.80. The molecule has 0 aromatic rings. The van der Waals surface area contributed by atoms with Gasteiger partial charge >= 0.3 is 77.5 Å². The summed E-state index contributed by atoms with van der Waals surface area (Å²) < 4.78 is 0. The molecule has 0 unspecified atom stereocenters. The van der Waals surface area contributed by atoms with Crippen molar-refractivity contribution in [1.29, 1.82) is 0 Å². The number of hydrogen-bond donors (Lipinski definition) is 0. The molecule has 0 spiro atoms. The molecule has 0 rings (SSSR count). The van der Waals surface area contributed by atoms with Crippen molar-refractivity contribution in [2.45, 2.75) is 40.5 Å². The second kappa shape index (κ2) is 5.34. The van der Waals surface area contributed by atoms with Gasteiger partial charge in [0.15, 0.2) is 0 Å². The summed E-state index contributed by atoms with van der Waals surface area (Å²) in [5, 5.41) is 0. The van der Waals surface area contributed by atoms with Crippen molar-refractivity contribution >= 4 is 13.0 Å². The third-order valence-electron chi connectivity index (χ3n) is 2.40. The van der Waals surface area contributed by atoms with Gasteiger partial charge in [0, 0.05) is 0 Å². The number of hydrogen-bond acceptors (Lipinski definition) is 0. The van der Waals surface area contributed by atoms with Gasteiger partial charge in [0.1, 0.15) is 0 Å². The van der Waals surface area contributed by atoms with Crippen LogP contribution < -0.4 is 0 Å². The molecule has 12 heavy (non-hydrogen) atoms. The maximum atomic E-state index is 4.04. The molecule has 0 aliphatic heterocycles. The number of allylic oxidation sites excluding steroid dienone is 1. The van der Waals surface area contributed by atoms with Crippen LogP contribution >= 0.6 is 0 Å². The molecule has 0 heterocycles. The average molecular weight is 164 g/mol. The molecule has 0 aromatic heterocycles. The zero-order valence-electron chi connectivity index (χ0n) is 8.98. The Morgan fingerprint density at radius 2 is 1.58 bits per heavy atom. The van der Waals surface area contributed by atoms with Gasteiger partial charge in [-0.2, -0.15) is 0 Å². The van der Waals surface area contributed by atoms with Crippen LogP contribution in [0.2, 0.25) is 0 Å². The summed E-state index contributed by atoms with van der Waals surface area (Å²) in [7, 11) is 4.04. The third-order valence-corrected chi connectivity index (χ3v) is 2.40. The second-order valence-corrected chi connectivity index (χ2v) is 4.13. The van der Waals surface area contributed by atoms with E-state index < -0.39 is 0 Å². The Bertz CT molecular complexity index is 146. The fourth-order valence-corrected chi connectivity index (χ4v) is 0.898. The van der Waals surface area contributed by atoms with E-state index in [1.165, 1.54) is 11.0 Å². The molecule has 0 aliphatic rings. The summed E-state index contributed by atoms with van der Waals surface area (Å²) in [6, 6.07) is 0. The first-order chi connectivity index (χ1) is 5.45. The molecule has 0 saturated heterocycles. The zero-order valence-corrected chi connectivity index (χ0v) is 8.98. The zero-order chi connectivity index (χ0) is 9.72. The number of rotatable bonds is 5. The van der Waals surface area contributed by atoms with E-state index in [-0.39, 0.29) is 0 Å². The summed E-state index contributed by atoms with van der Waals surface area (Å²) in [4.78, 5) is 0. The van der Waals surface area contributed by atoms with Gasteiger partial charge in [-0.3, -0.25) is 0 Å². The van der Waals surface area contributed by atoms with Gasteiger partial charge in [-0.05, 0) is 0 Å². The van der Waals surface area contributed by atoms with Crippen molar-refractivity contribution in [3.63, 3.8) is 0 Å². The standard InChI is InChI=1S/C11H21B/c1-8(2)10(5)6-7-11(12)9(3)4/h8-9,12H,5-7H2,1-4H3.